The van der Waals surface area contributed by atoms with E-state index < -0.39 is 55.3 Å². The van der Waals surface area contributed by atoms with Crippen molar-refractivity contribution < 1.29 is 59.5 Å². The van der Waals surface area contributed by atoms with Crippen molar-refractivity contribution in [2.75, 3.05) is 31.2 Å². The second kappa shape index (κ2) is 15.7. The lowest BCUT2D eigenvalue weighted by Crippen LogP contribution is -2.58. The Labute approximate surface area is 348 Å². The highest BCUT2D eigenvalue weighted by atomic mass is 17.2. The Bertz CT molecular complexity index is 2600. The fourth-order valence-corrected chi connectivity index (χ4v) is 9.43. The highest BCUT2D eigenvalue weighted by molar-refractivity contribution is 5.96. The summed E-state index contributed by atoms with van der Waals surface area (Å²) in [6.07, 6.45) is 3.49. The molecule has 9 rings (SSSR count). The minimum Gasteiger partial charge on any atom is -0.508 e. The maximum atomic E-state index is 13.6. The average Bonchev–Trinajstić information content (AvgIpc) is 3.98. The van der Waals surface area contributed by atoms with E-state index in [4.69, 9.17) is 18.9 Å². The molecule has 5 heterocycles. The van der Waals surface area contributed by atoms with Crippen LogP contribution in [0.5, 0.6) is 17.2 Å². The van der Waals surface area contributed by atoms with Crippen LogP contribution in [0.25, 0.3) is 21.7 Å². The van der Waals surface area contributed by atoms with Crippen LogP contribution in [-0.4, -0.2) is 110 Å². The zero-order valence-electron chi connectivity index (χ0n) is 33.2. The van der Waals surface area contributed by atoms with E-state index in [-0.39, 0.29) is 41.1 Å². The molecule has 1 aliphatic carbocycles. The van der Waals surface area contributed by atoms with E-state index in [1.54, 1.807) is 19.2 Å². The normalized spacial score (nSPS) is 25.5. The lowest BCUT2D eigenvalue weighted by atomic mass is 9.71. The number of nitrogens with one attached hydrogen (secondary N) is 1. The molecule has 1 spiro atoms. The first kappa shape index (κ1) is 40.8. The highest BCUT2D eigenvalue weighted by Gasteiger charge is 2.52. The van der Waals surface area contributed by atoms with E-state index in [1.807, 2.05) is 23.3 Å². The number of aliphatic imine (C=N–C) groups is 1. The van der Waals surface area contributed by atoms with Crippen LogP contribution in [0.4, 0.5) is 5.69 Å². The zero-order chi connectivity index (χ0) is 42.8. The number of nitrogens with zero attached hydrogens (tertiary/aromatic N) is 2. The summed E-state index contributed by atoms with van der Waals surface area (Å²) >= 11 is 0. The van der Waals surface area contributed by atoms with Crippen molar-refractivity contribution in [1.82, 2.24) is 5.32 Å². The van der Waals surface area contributed by atoms with Gasteiger partial charge in [0.15, 0.2) is 16.8 Å². The van der Waals surface area contributed by atoms with E-state index in [2.05, 4.69) is 16.4 Å². The highest BCUT2D eigenvalue weighted by Crippen LogP contribution is 2.51. The number of fused-ring (bicyclic) bond motifs is 4. The number of benzene rings is 3. The van der Waals surface area contributed by atoms with Gasteiger partial charge in [-0.05, 0) is 72.5 Å². The zero-order valence-corrected chi connectivity index (χ0v) is 33.2. The molecule has 8 N–H and O–H groups in total. The minimum atomic E-state index is -2.41. The Morgan fingerprint density at radius 2 is 1.90 bits per heavy atom. The maximum absolute atomic E-state index is 13.6. The van der Waals surface area contributed by atoms with Crippen LogP contribution in [0.2, 0.25) is 0 Å². The molecule has 320 valence electrons. The summed E-state index contributed by atoms with van der Waals surface area (Å²) in [5.41, 5.74) is -0.182. The third-order valence-corrected chi connectivity index (χ3v) is 12.7. The minimum absolute atomic E-state index is 0.0315. The standard InChI is InChI=1S/C45H47N3O13/c1-23-11-35(52)32-12-27-13-37(61-58-22-44(57,43(56)40(55)36(53)21-49)16-25-4-7-34(51)30-6-5-29(50)15-31(25)30)45(9-2-3-24(17-45)28-14-38(54)47-18-28)60-41(27)39(42(32)59-23)48-19-26-8-10-46-33(26)20-48/h2-8,10-12,15,20,24,28,36-37,40,43,49-51,53,55-57H,9,13-14,16-19,21-22H2,1H3,(H,47,54). The molecule has 8 unspecified atom stereocenters. The second-order valence-corrected chi connectivity index (χ2v) is 16.8. The Hall–Kier alpha value is -5.59. The van der Waals surface area contributed by atoms with Crippen molar-refractivity contribution in [3.8, 4) is 17.2 Å². The van der Waals surface area contributed by atoms with E-state index in [0.717, 1.165) is 11.3 Å². The number of phenolic OH excluding ortho intramolecular Hbond substituents is 2. The number of allylic oxidation sites excluding steroid dienone is 2. The van der Waals surface area contributed by atoms with Crippen molar-refractivity contribution in [2.45, 2.75) is 74.6 Å². The van der Waals surface area contributed by atoms with Crippen LogP contribution in [0, 0.1) is 18.8 Å². The average molecular weight is 838 g/mol. The number of ether oxygens (including phenoxy) is 1. The number of hydrogen-bond acceptors (Lipinski definition) is 15. The van der Waals surface area contributed by atoms with Gasteiger partial charge in [-0.3, -0.25) is 14.6 Å². The first-order valence-electron chi connectivity index (χ1n) is 20.3. The molecule has 4 aliphatic heterocycles. The summed E-state index contributed by atoms with van der Waals surface area (Å²) in [6, 6.07) is 10.3. The Morgan fingerprint density at radius 3 is 2.67 bits per heavy atom. The molecule has 0 bridgehead atoms. The van der Waals surface area contributed by atoms with Gasteiger partial charge in [-0.15, -0.1) is 0 Å². The van der Waals surface area contributed by atoms with Crippen molar-refractivity contribution in [3.63, 3.8) is 0 Å². The van der Waals surface area contributed by atoms with E-state index in [9.17, 15) is 45.3 Å². The fourth-order valence-electron chi connectivity index (χ4n) is 9.43. The summed E-state index contributed by atoms with van der Waals surface area (Å²) in [4.78, 5) is 44.6. The molecule has 3 aromatic carbocycles. The Morgan fingerprint density at radius 1 is 1.07 bits per heavy atom. The van der Waals surface area contributed by atoms with Gasteiger partial charge in [0.05, 0.1) is 24.2 Å². The van der Waals surface area contributed by atoms with Crippen molar-refractivity contribution >= 4 is 39.6 Å². The molecule has 4 aromatic rings. The number of phenols is 2. The van der Waals surface area contributed by atoms with Crippen LogP contribution in [0.1, 0.15) is 36.1 Å². The molecule has 1 aromatic heterocycles. The monoisotopic (exact) mass is 837 g/mol. The fraction of sp³-hybridized carbons (Fsp3) is 0.400. The van der Waals surface area contributed by atoms with Crippen LogP contribution < -0.4 is 20.4 Å². The molecule has 0 saturated carbocycles. The van der Waals surface area contributed by atoms with Gasteiger partial charge >= 0.3 is 0 Å². The molecule has 1 saturated heterocycles. The molecule has 1 fully saturated rings. The number of aryl methyl sites for hydroxylation is 1. The molecule has 1 amide bonds. The molecule has 61 heavy (non-hydrogen) atoms. The van der Waals surface area contributed by atoms with E-state index >= 15 is 0 Å². The number of aliphatic hydroxyl groups is 5. The van der Waals surface area contributed by atoms with Gasteiger partial charge in [-0.25, -0.2) is 9.78 Å². The molecule has 16 nitrogen and oxygen atoms in total. The van der Waals surface area contributed by atoms with Gasteiger partial charge in [0.25, 0.3) is 0 Å². The topological polar surface area (TPSA) is 244 Å². The van der Waals surface area contributed by atoms with Crippen molar-refractivity contribution in [1.29, 1.82) is 0 Å². The van der Waals surface area contributed by atoms with E-state index in [0.29, 0.717) is 82.4 Å². The molecular weight excluding hydrogens is 791 g/mol. The van der Waals surface area contributed by atoms with Gasteiger partial charge in [-0.1, -0.05) is 18.2 Å². The van der Waals surface area contributed by atoms with Crippen LogP contribution in [0.15, 0.2) is 92.4 Å². The number of aromatic hydroxyl groups is 2. The number of rotatable bonds is 12. The van der Waals surface area contributed by atoms with E-state index in [1.165, 1.54) is 36.4 Å². The smallest absolute Gasteiger partial charge is 0.220 e. The molecule has 8 atom stereocenters. The van der Waals surface area contributed by atoms with Crippen molar-refractivity contribution in [3.05, 3.63) is 105 Å². The number of hydrogen-bond donors (Lipinski definition) is 8. The summed E-state index contributed by atoms with van der Waals surface area (Å²) in [5.74, 6) is 0.477. The molecule has 16 heteroatoms. The Kier molecular flexibility index (Phi) is 10.5. The van der Waals surface area contributed by atoms with Crippen LogP contribution in [-0.2, 0) is 27.4 Å². The second-order valence-electron chi connectivity index (χ2n) is 16.8. The van der Waals surface area contributed by atoms with Gasteiger partial charge < -0.3 is 55.1 Å². The number of carbonyl (C=O) groups excluding carboxylic acids is 1. The predicted molar refractivity (Wildman–Crippen MR) is 221 cm³/mol. The molecular formula is C45H47N3O13. The summed E-state index contributed by atoms with van der Waals surface area (Å²) in [6.45, 7) is 0.933. The van der Waals surface area contributed by atoms with Gasteiger partial charge in [0.2, 0.25) is 5.91 Å². The quantitative estimate of drug-likeness (QED) is 0.0581. The summed E-state index contributed by atoms with van der Waals surface area (Å²) in [7, 11) is 0. The lowest BCUT2D eigenvalue weighted by Gasteiger charge is -2.48. The SMILES string of the molecule is Cc1cc(=O)c2cc3c(c(N4C=C5N=CC=C5C4)c2o1)OC1(CC=CC(C2CNC(=O)C2)C1)C(OOCC(O)(Cc1ccc(O)c2ccc(O)cc12)C(O)C(O)C(O)CO)C3. The van der Waals surface area contributed by atoms with Crippen LogP contribution >= 0.6 is 0 Å². The largest absolute Gasteiger partial charge is 0.508 e. The molecule has 5 aliphatic rings. The number of aliphatic hydroxyl groups excluding tert-OH is 4. The van der Waals surface area contributed by atoms with Gasteiger partial charge in [-0.2, -0.15) is 0 Å². The lowest BCUT2D eigenvalue weighted by molar-refractivity contribution is -0.373. The predicted octanol–water partition coefficient (Wildman–Crippen LogP) is 2.48. The third kappa shape index (κ3) is 7.37. The summed E-state index contributed by atoms with van der Waals surface area (Å²) in [5, 5.41) is 79.4. The van der Waals surface area contributed by atoms with Gasteiger partial charge in [0, 0.05) is 67.2 Å². The summed E-state index contributed by atoms with van der Waals surface area (Å²) < 4.78 is 13.5. The van der Waals surface area contributed by atoms with Gasteiger partial charge in [0.1, 0.15) is 65.2 Å². The first-order valence-corrected chi connectivity index (χ1v) is 20.3. The number of amides is 1. The Balaban J connectivity index is 1.10. The number of anilines is 1. The maximum Gasteiger partial charge on any atom is 0.220 e. The van der Waals surface area contributed by atoms with Crippen molar-refractivity contribution in [2.24, 2.45) is 16.8 Å². The molecule has 0 radical (unpaired) electrons. The number of carbonyl (C=O) groups is 1. The first-order chi connectivity index (χ1) is 29.3. The third-order valence-electron chi connectivity index (χ3n) is 12.7. The van der Waals surface area contributed by atoms with Crippen LogP contribution in [0.3, 0.4) is 0 Å².